The Bertz CT molecular complexity index is 350. The van der Waals surface area contributed by atoms with E-state index < -0.39 is 0 Å². The van der Waals surface area contributed by atoms with Crippen molar-refractivity contribution in [3.8, 4) is 5.75 Å². The lowest BCUT2D eigenvalue weighted by atomic mass is 10.0. The van der Waals surface area contributed by atoms with Crippen LogP contribution in [0, 0.1) is 20.8 Å². The van der Waals surface area contributed by atoms with Gasteiger partial charge in [-0.1, -0.05) is 0 Å². The van der Waals surface area contributed by atoms with Gasteiger partial charge < -0.3 is 10.1 Å². The number of rotatable bonds is 4. The van der Waals surface area contributed by atoms with Gasteiger partial charge in [0.15, 0.2) is 0 Å². The number of aryl methyl sites for hydroxylation is 1. The molecule has 0 bridgehead atoms. The Morgan fingerprint density at radius 2 is 1.93 bits per heavy atom. The van der Waals surface area contributed by atoms with Crippen molar-refractivity contribution in [3.05, 3.63) is 22.8 Å². The van der Waals surface area contributed by atoms with Gasteiger partial charge in [-0.15, -0.1) is 11.6 Å². The number of alkyl halides is 1. The molecule has 0 aliphatic rings. The highest BCUT2D eigenvalue weighted by Crippen LogP contribution is 2.31. The molecule has 0 spiro atoms. The van der Waals surface area contributed by atoms with Gasteiger partial charge in [0, 0.05) is 18.1 Å². The van der Waals surface area contributed by atoms with E-state index >= 15 is 0 Å². The van der Waals surface area contributed by atoms with Crippen LogP contribution in [0.5, 0.6) is 5.75 Å². The molecule has 1 rings (SSSR count). The molecule has 0 aromatic heterocycles. The third kappa shape index (κ3) is 2.57. The Kier molecular flexibility index (Phi) is 4.28. The maximum Gasteiger partial charge on any atom is 0.125 e. The smallest absolute Gasteiger partial charge is 0.125 e. The van der Waals surface area contributed by atoms with Crippen molar-refractivity contribution in [2.75, 3.05) is 24.9 Å². The first-order valence-electron chi connectivity index (χ1n) is 5.06. The number of benzene rings is 1. The molecule has 0 saturated heterocycles. The van der Waals surface area contributed by atoms with Gasteiger partial charge in [-0.2, -0.15) is 0 Å². The molecule has 0 aliphatic carbocycles. The predicted molar refractivity (Wildman–Crippen MR) is 66.4 cm³/mol. The second kappa shape index (κ2) is 5.26. The van der Waals surface area contributed by atoms with E-state index in [9.17, 15) is 0 Å². The molecule has 0 unspecified atom stereocenters. The minimum Gasteiger partial charge on any atom is -0.496 e. The Morgan fingerprint density at radius 1 is 1.27 bits per heavy atom. The highest BCUT2D eigenvalue weighted by molar-refractivity contribution is 6.18. The molecule has 0 fully saturated rings. The summed E-state index contributed by atoms with van der Waals surface area (Å²) in [6.45, 7) is 7.01. The van der Waals surface area contributed by atoms with Gasteiger partial charge in [-0.25, -0.2) is 0 Å². The summed E-state index contributed by atoms with van der Waals surface area (Å²) in [5, 5.41) is 3.31. The third-order valence-corrected chi connectivity index (χ3v) is 2.83. The molecule has 84 valence electrons. The lowest BCUT2D eigenvalue weighted by Gasteiger charge is -2.16. The molecule has 15 heavy (non-hydrogen) atoms. The molecule has 1 aromatic rings. The lowest BCUT2D eigenvalue weighted by Crippen LogP contribution is -2.06. The van der Waals surface area contributed by atoms with Crippen molar-refractivity contribution in [3.63, 3.8) is 0 Å². The number of ether oxygens (including phenoxy) is 1. The van der Waals surface area contributed by atoms with E-state index in [1.54, 1.807) is 7.11 Å². The Balaban J connectivity index is 3.10. The van der Waals surface area contributed by atoms with Crippen LogP contribution in [0.1, 0.15) is 16.7 Å². The third-order valence-electron chi connectivity index (χ3n) is 2.64. The van der Waals surface area contributed by atoms with Crippen LogP contribution in [0.2, 0.25) is 0 Å². The molecule has 3 heteroatoms. The fourth-order valence-corrected chi connectivity index (χ4v) is 1.83. The average molecular weight is 228 g/mol. The summed E-state index contributed by atoms with van der Waals surface area (Å²) in [6, 6.07) is 2.10. The lowest BCUT2D eigenvalue weighted by molar-refractivity contribution is 0.408. The highest BCUT2D eigenvalue weighted by Gasteiger charge is 2.09. The van der Waals surface area contributed by atoms with Crippen molar-refractivity contribution >= 4 is 17.3 Å². The number of hydrogen-bond donors (Lipinski definition) is 1. The van der Waals surface area contributed by atoms with Gasteiger partial charge in [0.2, 0.25) is 0 Å². The molecular formula is C12H18ClNO. The van der Waals surface area contributed by atoms with E-state index in [1.165, 1.54) is 11.1 Å². The summed E-state index contributed by atoms with van der Waals surface area (Å²) in [5.74, 6) is 1.59. The monoisotopic (exact) mass is 227 g/mol. The SMILES string of the molecule is COc1c(C)cc(NCCCl)c(C)c1C. The summed E-state index contributed by atoms with van der Waals surface area (Å²) < 4.78 is 5.36. The second-order valence-corrected chi connectivity index (χ2v) is 4.02. The Labute approximate surface area is 96.6 Å². The van der Waals surface area contributed by atoms with E-state index in [4.69, 9.17) is 16.3 Å². The number of anilines is 1. The molecule has 0 heterocycles. The largest absolute Gasteiger partial charge is 0.496 e. The normalized spacial score (nSPS) is 10.2. The van der Waals surface area contributed by atoms with E-state index in [1.807, 2.05) is 0 Å². The first-order valence-corrected chi connectivity index (χ1v) is 5.60. The summed E-state index contributed by atoms with van der Waals surface area (Å²) in [7, 11) is 1.71. The first kappa shape index (κ1) is 12.2. The molecule has 0 atom stereocenters. The maximum atomic E-state index is 5.65. The summed E-state index contributed by atoms with van der Waals surface area (Å²) in [6.07, 6.45) is 0. The fraction of sp³-hybridized carbons (Fsp3) is 0.500. The van der Waals surface area contributed by atoms with Crippen LogP contribution in [-0.2, 0) is 0 Å². The predicted octanol–water partition coefficient (Wildman–Crippen LogP) is 3.27. The van der Waals surface area contributed by atoms with Crippen LogP contribution < -0.4 is 10.1 Å². The van der Waals surface area contributed by atoms with Gasteiger partial charge in [0.25, 0.3) is 0 Å². The van der Waals surface area contributed by atoms with Gasteiger partial charge in [0.05, 0.1) is 7.11 Å². The minimum absolute atomic E-state index is 0.615. The Hall–Kier alpha value is -0.890. The molecule has 2 nitrogen and oxygen atoms in total. The quantitative estimate of drug-likeness (QED) is 0.798. The Morgan fingerprint density at radius 3 is 2.47 bits per heavy atom. The van der Waals surface area contributed by atoms with Gasteiger partial charge >= 0.3 is 0 Å². The van der Waals surface area contributed by atoms with Crippen molar-refractivity contribution in [2.45, 2.75) is 20.8 Å². The molecule has 1 N–H and O–H groups in total. The zero-order chi connectivity index (χ0) is 11.4. The number of halogens is 1. The zero-order valence-corrected chi connectivity index (χ0v) is 10.5. The van der Waals surface area contributed by atoms with Gasteiger partial charge in [0.1, 0.15) is 5.75 Å². The molecule has 0 saturated carbocycles. The van der Waals surface area contributed by atoms with Crippen LogP contribution in [0.25, 0.3) is 0 Å². The van der Waals surface area contributed by atoms with Crippen molar-refractivity contribution in [2.24, 2.45) is 0 Å². The minimum atomic E-state index is 0.615. The van der Waals surface area contributed by atoms with Crippen molar-refractivity contribution < 1.29 is 4.74 Å². The van der Waals surface area contributed by atoms with Crippen LogP contribution in [0.3, 0.4) is 0 Å². The first-order chi connectivity index (χ1) is 7.11. The number of methoxy groups -OCH3 is 1. The zero-order valence-electron chi connectivity index (χ0n) is 9.78. The maximum absolute atomic E-state index is 5.65. The second-order valence-electron chi connectivity index (χ2n) is 3.64. The molecule has 0 amide bonds. The van der Waals surface area contributed by atoms with E-state index in [0.717, 1.165) is 23.5 Å². The number of nitrogens with one attached hydrogen (secondary N) is 1. The van der Waals surface area contributed by atoms with E-state index in [-0.39, 0.29) is 0 Å². The highest BCUT2D eigenvalue weighted by atomic mass is 35.5. The van der Waals surface area contributed by atoms with Crippen LogP contribution in [-0.4, -0.2) is 19.5 Å². The molecule has 0 aliphatic heterocycles. The van der Waals surface area contributed by atoms with Crippen molar-refractivity contribution in [1.82, 2.24) is 0 Å². The summed E-state index contributed by atoms with van der Waals surface area (Å²) in [5.41, 5.74) is 4.71. The summed E-state index contributed by atoms with van der Waals surface area (Å²) in [4.78, 5) is 0. The average Bonchev–Trinajstić information content (AvgIpc) is 2.22. The topological polar surface area (TPSA) is 21.3 Å². The standard InChI is InChI=1S/C12H18ClNO/c1-8-7-11(14-6-5-13)9(2)10(3)12(8)15-4/h7,14H,5-6H2,1-4H3. The van der Waals surface area contributed by atoms with Crippen molar-refractivity contribution in [1.29, 1.82) is 0 Å². The van der Waals surface area contributed by atoms with Crippen LogP contribution >= 0.6 is 11.6 Å². The van der Waals surface area contributed by atoms with Crippen LogP contribution in [0.4, 0.5) is 5.69 Å². The fourth-order valence-electron chi connectivity index (χ4n) is 1.74. The summed E-state index contributed by atoms with van der Waals surface area (Å²) >= 11 is 5.65. The molecule has 0 radical (unpaired) electrons. The molecular weight excluding hydrogens is 210 g/mol. The van der Waals surface area contributed by atoms with Gasteiger partial charge in [-0.05, 0) is 43.5 Å². The van der Waals surface area contributed by atoms with Gasteiger partial charge in [-0.3, -0.25) is 0 Å². The van der Waals surface area contributed by atoms with E-state index in [2.05, 4.69) is 32.2 Å². The van der Waals surface area contributed by atoms with Crippen LogP contribution in [0.15, 0.2) is 6.07 Å². The number of hydrogen-bond acceptors (Lipinski definition) is 2. The van der Waals surface area contributed by atoms with E-state index in [0.29, 0.717) is 5.88 Å². The molecule has 1 aromatic carbocycles.